The number of rotatable bonds is 2. The molecule has 1 aliphatic rings. The van der Waals surface area contributed by atoms with Gasteiger partial charge in [-0.3, -0.25) is 14.9 Å². The second-order valence-electron chi connectivity index (χ2n) is 3.71. The number of nitrogens with zero attached hydrogens (tertiary/aromatic N) is 1. The fourth-order valence-electron chi connectivity index (χ4n) is 1.41. The molecule has 1 amide bonds. The van der Waals surface area contributed by atoms with Gasteiger partial charge in [-0.15, -0.1) is 0 Å². The maximum absolute atomic E-state index is 11.8. The van der Waals surface area contributed by atoms with E-state index in [9.17, 15) is 9.59 Å². The number of aliphatic imine (C=N–C) groups is 1. The lowest BCUT2D eigenvalue weighted by Gasteiger charge is -1.97. The summed E-state index contributed by atoms with van der Waals surface area (Å²) in [6.45, 7) is 1.93. The normalized spacial score (nSPS) is 16.9. The van der Waals surface area contributed by atoms with Gasteiger partial charge in [-0.25, -0.2) is 4.99 Å². The van der Waals surface area contributed by atoms with E-state index in [0.29, 0.717) is 5.56 Å². The van der Waals surface area contributed by atoms with Crippen molar-refractivity contribution in [2.45, 2.75) is 6.92 Å². The Labute approximate surface area is 98.0 Å². The van der Waals surface area contributed by atoms with Crippen molar-refractivity contribution >= 4 is 17.6 Å². The van der Waals surface area contributed by atoms with E-state index in [-0.39, 0.29) is 17.4 Å². The van der Waals surface area contributed by atoms with Gasteiger partial charge in [0, 0.05) is 11.6 Å². The minimum atomic E-state index is -0.456. The number of amides is 1. The first kappa shape index (κ1) is 11.1. The van der Waals surface area contributed by atoms with Gasteiger partial charge < -0.3 is 5.73 Å². The highest BCUT2D eigenvalue weighted by Gasteiger charge is 2.19. The number of nitrogens with two attached hydrogens (primary N) is 1. The molecule has 1 aromatic carbocycles. The molecule has 3 N–H and O–H groups in total. The van der Waals surface area contributed by atoms with Crippen molar-refractivity contribution in [2.24, 2.45) is 10.7 Å². The van der Waals surface area contributed by atoms with Gasteiger partial charge in [0.15, 0.2) is 5.78 Å². The molecule has 0 spiro atoms. The first-order valence-electron chi connectivity index (χ1n) is 5.04. The summed E-state index contributed by atoms with van der Waals surface area (Å²) in [7, 11) is 0. The van der Waals surface area contributed by atoms with Gasteiger partial charge in [-0.1, -0.05) is 29.8 Å². The molecular formula is C12H11N3O2. The van der Waals surface area contributed by atoms with Crippen LogP contribution in [-0.2, 0) is 4.79 Å². The van der Waals surface area contributed by atoms with Gasteiger partial charge in [0.05, 0.1) is 0 Å². The highest BCUT2D eigenvalue weighted by molar-refractivity contribution is 6.16. The standard InChI is InChI=1S/C12H11N3O2/c1-7-2-4-8(5-3-7)10(16)6-9-11(17)15-12(13)14-9/h2-6H,1H3,(H3,13,14,15,17). The molecule has 5 nitrogen and oxygen atoms in total. The molecule has 1 aromatic rings. The van der Waals surface area contributed by atoms with Crippen LogP contribution in [0.3, 0.4) is 0 Å². The van der Waals surface area contributed by atoms with E-state index < -0.39 is 5.91 Å². The van der Waals surface area contributed by atoms with Crippen molar-refractivity contribution in [1.82, 2.24) is 5.32 Å². The van der Waals surface area contributed by atoms with Crippen LogP contribution in [0.15, 0.2) is 41.0 Å². The van der Waals surface area contributed by atoms with Crippen LogP contribution >= 0.6 is 0 Å². The molecule has 1 aliphatic heterocycles. The summed E-state index contributed by atoms with van der Waals surface area (Å²) in [6, 6.07) is 7.07. The summed E-state index contributed by atoms with van der Waals surface area (Å²) in [4.78, 5) is 26.8. The molecule has 0 unspecified atom stereocenters. The van der Waals surface area contributed by atoms with Crippen molar-refractivity contribution in [3.05, 3.63) is 47.2 Å². The van der Waals surface area contributed by atoms with Gasteiger partial charge in [-0.05, 0) is 6.92 Å². The number of allylic oxidation sites excluding steroid dienone is 1. The third-order valence-electron chi connectivity index (χ3n) is 2.32. The van der Waals surface area contributed by atoms with Gasteiger partial charge in [0.2, 0.25) is 5.96 Å². The lowest BCUT2D eigenvalue weighted by atomic mass is 10.1. The largest absolute Gasteiger partial charge is 0.369 e. The molecular weight excluding hydrogens is 218 g/mol. The molecule has 5 heteroatoms. The van der Waals surface area contributed by atoms with Crippen LogP contribution in [-0.4, -0.2) is 17.6 Å². The van der Waals surface area contributed by atoms with Crippen molar-refractivity contribution in [3.8, 4) is 0 Å². The quantitative estimate of drug-likeness (QED) is 0.572. The third-order valence-corrected chi connectivity index (χ3v) is 2.32. The predicted octanol–water partition coefficient (Wildman–Crippen LogP) is 0.506. The van der Waals surface area contributed by atoms with Crippen molar-refractivity contribution in [3.63, 3.8) is 0 Å². The Bertz CT molecular complexity index is 541. The number of nitrogens with one attached hydrogen (secondary N) is 1. The number of carbonyl (C=O) groups is 2. The highest BCUT2D eigenvalue weighted by Crippen LogP contribution is 2.09. The van der Waals surface area contributed by atoms with E-state index in [1.807, 2.05) is 19.1 Å². The summed E-state index contributed by atoms with van der Waals surface area (Å²) in [5.74, 6) is -0.713. The van der Waals surface area contributed by atoms with E-state index in [2.05, 4.69) is 10.3 Å². The van der Waals surface area contributed by atoms with Crippen LogP contribution in [0.1, 0.15) is 15.9 Å². The molecule has 0 radical (unpaired) electrons. The van der Waals surface area contributed by atoms with Crippen molar-refractivity contribution < 1.29 is 9.59 Å². The Morgan fingerprint density at radius 2 is 2.00 bits per heavy atom. The van der Waals surface area contributed by atoms with Crippen LogP contribution in [0, 0.1) is 6.92 Å². The minimum absolute atomic E-state index is 0.0120. The van der Waals surface area contributed by atoms with E-state index in [1.54, 1.807) is 12.1 Å². The summed E-state index contributed by atoms with van der Waals surface area (Å²) in [5, 5.41) is 2.30. The summed E-state index contributed by atoms with van der Waals surface area (Å²) >= 11 is 0. The SMILES string of the molecule is Cc1ccc(C(=O)C=C2N=C(N)NC2=O)cc1. The van der Waals surface area contributed by atoms with Crippen molar-refractivity contribution in [1.29, 1.82) is 0 Å². The van der Waals surface area contributed by atoms with E-state index >= 15 is 0 Å². The third kappa shape index (κ3) is 2.39. The second kappa shape index (κ2) is 4.21. The number of hydrogen-bond donors (Lipinski definition) is 2. The number of aryl methyl sites for hydroxylation is 1. The number of hydrogen-bond acceptors (Lipinski definition) is 4. The molecule has 0 saturated heterocycles. The Morgan fingerprint density at radius 1 is 1.35 bits per heavy atom. The Hall–Kier alpha value is -2.43. The average molecular weight is 229 g/mol. The van der Waals surface area contributed by atoms with Crippen LogP contribution in [0.25, 0.3) is 0 Å². The van der Waals surface area contributed by atoms with Gasteiger partial charge in [-0.2, -0.15) is 0 Å². The van der Waals surface area contributed by atoms with Gasteiger partial charge in [0.1, 0.15) is 5.70 Å². The number of ketones is 1. The zero-order chi connectivity index (χ0) is 12.4. The molecule has 1 heterocycles. The molecule has 0 saturated carbocycles. The number of carbonyl (C=O) groups excluding carboxylic acids is 2. The zero-order valence-corrected chi connectivity index (χ0v) is 9.23. The molecule has 17 heavy (non-hydrogen) atoms. The van der Waals surface area contributed by atoms with Crippen LogP contribution < -0.4 is 11.1 Å². The fourth-order valence-corrected chi connectivity index (χ4v) is 1.41. The maximum Gasteiger partial charge on any atom is 0.276 e. The Morgan fingerprint density at radius 3 is 2.53 bits per heavy atom. The average Bonchev–Trinajstić information content (AvgIpc) is 2.58. The first-order chi connectivity index (χ1) is 8.06. The smallest absolute Gasteiger partial charge is 0.276 e. The molecule has 0 fully saturated rings. The molecule has 0 aliphatic carbocycles. The Balaban J connectivity index is 2.25. The van der Waals surface area contributed by atoms with Crippen molar-refractivity contribution in [2.75, 3.05) is 0 Å². The molecule has 0 atom stereocenters. The highest BCUT2D eigenvalue weighted by atomic mass is 16.2. The van der Waals surface area contributed by atoms with Crippen LogP contribution in [0.4, 0.5) is 0 Å². The fraction of sp³-hybridized carbons (Fsp3) is 0.0833. The monoisotopic (exact) mass is 229 g/mol. The lowest BCUT2D eigenvalue weighted by Crippen LogP contribution is -2.30. The summed E-state index contributed by atoms with van der Waals surface area (Å²) in [5.41, 5.74) is 6.93. The lowest BCUT2D eigenvalue weighted by molar-refractivity contribution is -0.115. The van der Waals surface area contributed by atoms with Gasteiger partial charge >= 0.3 is 0 Å². The van der Waals surface area contributed by atoms with Gasteiger partial charge in [0.25, 0.3) is 5.91 Å². The molecule has 86 valence electrons. The topological polar surface area (TPSA) is 84.6 Å². The summed E-state index contributed by atoms with van der Waals surface area (Å²) < 4.78 is 0. The first-order valence-corrected chi connectivity index (χ1v) is 5.04. The van der Waals surface area contributed by atoms with Crippen LogP contribution in [0.2, 0.25) is 0 Å². The van der Waals surface area contributed by atoms with E-state index in [0.717, 1.165) is 5.56 Å². The number of guanidine groups is 1. The maximum atomic E-state index is 11.8. The minimum Gasteiger partial charge on any atom is -0.369 e. The predicted molar refractivity (Wildman–Crippen MR) is 63.4 cm³/mol. The van der Waals surface area contributed by atoms with E-state index in [4.69, 9.17) is 5.73 Å². The second-order valence-corrected chi connectivity index (χ2v) is 3.71. The molecule has 2 rings (SSSR count). The number of benzene rings is 1. The molecule has 0 aromatic heterocycles. The van der Waals surface area contributed by atoms with E-state index in [1.165, 1.54) is 6.08 Å². The molecule has 0 bridgehead atoms. The van der Waals surface area contributed by atoms with Crippen LogP contribution in [0.5, 0.6) is 0 Å². The summed E-state index contributed by atoms with van der Waals surface area (Å²) in [6.07, 6.45) is 1.18. The Kier molecular flexibility index (Phi) is 2.74. The zero-order valence-electron chi connectivity index (χ0n) is 9.23.